The lowest BCUT2D eigenvalue weighted by Crippen LogP contribution is -2.64. The van der Waals surface area contributed by atoms with E-state index in [1.807, 2.05) is 42.3 Å². The van der Waals surface area contributed by atoms with Crippen LogP contribution < -0.4 is 10.2 Å². The highest BCUT2D eigenvalue weighted by Gasteiger charge is 2.48. The molecule has 3 amide bonds. The van der Waals surface area contributed by atoms with Crippen LogP contribution in [-0.4, -0.2) is 60.5 Å². The minimum absolute atomic E-state index is 0.0635. The highest BCUT2D eigenvalue weighted by Crippen LogP contribution is 2.33. The van der Waals surface area contributed by atoms with Gasteiger partial charge in [-0.3, -0.25) is 9.69 Å². The Morgan fingerprint density at radius 2 is 1.79 bits per heavy atom. The van der Waals surface area contributed by atoms with E-state index in [1.165, 1.54) is 12.1 Å². The number of anilines is 2. The van der Waals surface area contributed by atoms with Crippen molar-refractivity contribution in [3.8, 4) is 0 Å². The van der Waals surface area contributed by atoms with E-state index in [1.54, 1.807) is 17.0 Å². The van der Waals surface area contributed by atoms with Crippen LogP contribution in [0.15, 0.2) is 54.6 Å². The average Bonchev–Trinajstić information content (AvgIpc) is 3.13. The van der Waals surface area contributed by atoms with Crippen LogP contribution in [0.1, 0.15) is 6.42 Å². The molecule has 1 N–H and O–H groups in total. The molecule has 0 aliphatic carbocycles. The van der Waals surface area contributed by atoms with Crippen molar-refractivity contribution in [2.75, 3.05) is 43.4 Å². The van der Waals surface area contributed by atoms with Crippen LogP contribution in [0.4, 0.5) is 20.6 Å². The Bertz CT molecular complexity index is 874. The molecular formula is C21H23FN4O2. The first-order chi connectivity index (χ1) is 13.5. The molecule has 6 nitrogen and oxygen atoms in total. The molecule has 2 aliphatic rings. The van der Waals surface area contributed by atoms with Gasteiger partial charge in [0.1, 0.15) is 5.82 Å². The normalized spacial score (nSPS) is 22.7. The van der Waals surface area contributed by atoms with E-state index in [2.05, 4.69) is 10.2 Å². The zero-order valence-corrected chi connectivity index (χ0v) is 15.8. The number of carbonyl (C=O) groups excluding carboxylic acids is 2. The van der Waals surface area contributed by atoms with Crippen molar-refractivity contribution in [2.24, 2.45) is 0 Å². The van der Waals surface area contributed by atoms with Crippen LogP contribution in [0, 0.1) is 5.82 Å². The van der Waals surface area contributed by atoms with Crippen molar-refractivity contribution in [1.82, 2.24) is 9.80 Å². The highest BCUT2D eigenvalue weighted by molar-refractivity contribution is 5.96. The second-order valence-corrected chi connectivity index (χ2v) is 7.50. The summed E-state index contributed by atoms with van der Waals surface area (Å²) in [5.74, 6) is -0.277. The number of nitrogens with zero attached hydrogens (tertiary/aromatic N) is 3. The largest absolute Gasteiger partial charge is 0.323 e. The predicted octanol–water partition coefficient (Wildman–Crippen LogP) is 2.78. The summed E-state index contributed by atoms with van der Waals surface area (Å²) in [5.41, 5.74) is 1.17. The first-order valence-corrected chi connectivity index (χ1v) is 9.35. The van der Waals surface area contributed by atoms with Gasteiger partial charge in [-0.25, -0.2) is 9.18 Å². The number of piperazine rings is 1. The zero-order chi connectivity index (χ0) is 19.7. The summed E-state index contributed by atoms with van der Waals surface area (Å²) in [7, 11) is 1.95. The SMILES string of the molecule is CN1CC(=O)N(c2ccccc2)CC12CCN(C(=O)Nc1ccc(F)cc1)C2. The third-order valence-corrected chi connectivity index (χ3v) is 5.72. The minimum Gasteiger partial charge on any atom is -0.323 e. The number of carbonyl (C=O) groups is 2. The Morgan fingerprint density at radius 1 is 1.07 bits per heavy atom. The molecule has 146 valence electrons. The topological polar surface area (TPSA) is 55.9 Å². The number of amides is 3. The smallest absolute Gasteiger partial charge is 0.321 e. The molecule has 2 fully saturated rings. The fourth-order valence-corrected chi connectivity index (χ4v) is 4.01. The second kappa shape index (κ2) is 7.24. The van der Waals surface area contributed by atoms with E-state index in [0.717, 1.165) is 12.1 Å². The Balaban J connectivity index is 1.48. The van der Waals surface area contributed by atoms with Crippen LogP contribution >= 0.6 is 0 Å². The number of likely N-dealkylation sites (tertiary alicyclic amines) is 1. The predicted molar refractivity (Wildman–Crippen MR) is 106 cm³/mol. The zero-order valence-electron chi connectivity index (χ0n) is 15.8. The number of likely N-dealkylation sites (N-methyl/N-ethyl adjacent to an activating group) is 1. The lowest BCUT2D eigenvalue weighted by molar-refractivity contribution is -0.123. The van der Waals surface area contributed by atoms with Gasteiger partial charge >= 0.3 is 6.03 Å². The molecule has 0 bridgehead atoms. The molecule has 0 radical (unpaired) electrons. The maximum atomic E-state index is 13.1. The Kier molecular flexibility index (Phi) is 4.77. The van der Waals surface area contributed by atoms with Crippen molar-refractivity contribution < 1.29 is 14.0 Å². The van der Waals surface area contributed by atoms with Gasteiger partial charge in [0.05, 0.1) is 12.1 Å². The molecule has 1 unspecified atom stereocenters. The second-order valence-electron chi connectivity index (χ2n) is 7.50. The molecule has 2 heterocycles. The number of urea groups is 1. The molecular weight excluding hydrogens is 359 g/mol. The van der Waals surface area contributed by atoms with Crippen molar-refractivity contribution in [1.29, 1.82) is 0 Å². The summed E-state index contributed by atoms with van der Waals surface area (Å²) in [6.07, 6.45) is 0.789. The molecule has 1 spiro atoms. The highest BCUT2D eigenvalue weighted by atomic mass is 19.1. The molecule has 7 heteroatoms. The standard InChI is InChI=1S/C21H23FN4O2/c1-24-13-19(27)26(18-5-3-2-4-6-18)15-21(24)11-12-25(14-21)20(28)23-17-9-7-16(22)8-10-17/h2-10H,11-15H2,1H3,(H,23,28). The fourth-order valence-electron chi connectivity index (χ4n) is 4.01. The van der Waals surface area contributed by atoms with Gasteiger partial charge < -0.3 is 15.1 Å². The lowest BCUT2D eigenvalue weighted by atomic mass is 9.92. The van der Waals surface area contributed by atoms with Gasteiger partial charge in [0.2, 0.25) is 5.91 Å². The van der Waals surface area contributed by atoms with Gasteiger partial charge in [-0.2, -0.15) is 0 Å². The average molecular weight is 382 g/mol. The lowest BCUT2D eigenvalue weighted by Gasteiger charge is -2.46. The maximum Gasteiger partial charge on any atom is 0.321 e. The molecule has 2 aromatic carbocycles. The number of halogens is 1. The van der Waals surface area contributed by atoms with Gasteiger partial charge in [-0.05, 0) is 49.9 Å². The fraction of sp³-hybridized carbons (Fsp3) is 0.333. The number of hydrogen-bond acceptors (Lipinski definition) is 3. The molecule has 2 saturated heterocycles. The third kappa shape index (κ3) is 3.45. The van der Waals surface area contributed by atoms with Crippen LogP contribution in [0.3, 0.4) is 0 Å². The number of hydrogen-bond donors (Lipinski definition) is 1. The first-order valence-electron chi connectivity index (χ1n) is 9.35. The van der Waals surface area contributed by atoms with Crippen LogP contribution in [-0.2, 0) is 4.79 Å². The van der Waals surface area contributed by atoms with E-state index in [0.29, 0.717) is 31.9 Å². The van der Waals surface area contributed by atoms with Gasteiger partial charge in [0.25, 0.3) is 0 Å². The summed E-state index contributed by atoms with van der Waals surface area (Å²) in [5, 5.41) is 2.82. The molecule has 2 aliphatic heterocycles. The first kappa shape index (κ1) is 18.4. The Hall–Kier alpha value is -2.93. The van der Waals surface area contributed by atoms with Crippen molar-refractivity contribution >= 4 is 23.3 Å². The van der Waals surface area contributed by atoms with E-state index >= 15 is 0 Å². The summed E-state index contributed by atoms with van der Waals surface area (Å²) >= 11 is 0. The number of benzene rings is 2. The van der Waals surface area contributed by atoms with E-state index in [-0.39, 0.29) is 23.3 Å². The number of nitrogens with one attached hydrogen (secondary N) is 1. The summed E-state index contributed by atoms with van der Waals surface area (Å²) < 4.78 is 13.1. The van der Waals surface area contributed by atoms with E-state index in [9.17, 15) is 14.0 Å². The molecule has 28 heavy (non-hydrogen) atoms. The van der Waals surface area contributed by atoms with Crippen molar-refractivity contribution in [2.45, 2.75) is 12.0 Å². The van der Waals surface area contributed by atoms with Gasteiger partial charge in [-0.15, -0.1) is 0 Å². The summed E-state index contributed by atoms with van der Waals surface area (Å²) in [6, 6.07) is 15.2. The Labute approximate surface area is 163 Å². The van der Waals surface area contributed by atoms with Gasteiger partial charge in [0, 0.05) is 31.0 Å². The van der Waals surface area contributed by atoms with E-state index in [4.69, 9.17) is 0 Å². The molecule has 0 saturated carbocycles. The van der Waals surface area contributed by atoms with Crippen LogP contribution in [0.2, 0.25) is 0 Å². The summed E-state index contributed by atoms with van der Waals surface area (Å²) in [4.78, 5) is 30.9. The molecule has 0 aromatic heterocycles. The summed E-state index contributed by atoms with van der Waals surface area (Å²) in [6.45, 7) is 2.01. The van der Waals surface area contributed by atoms with Crippen LogP contribution in [0.5, 0.6) is 0 Å². The quantitative estimate of drug-likeness (QED) is 0.869. The molecule has 2 aromatic rings. The van der Waals surface area contributed by atoms with Gasteiger partial charge in [-0.1, -0.05) is 18.2 Å². The monoisotopic (exact) mass is 382 g/mol. The number of para-hydroxylation sites is 1. The maximum absolute atomic E-state index is 13.1. The third-order valence-electron chi connectivity index (χ3n) is 5.72. The van der Waals surface area contributed by atoms with Crippen LogP contribution in [0.25, 0.3) is 0 Å². The van der Waals surface area contributed by atoms with E-state index < -0.39 is 0 Å². The molecule has 1 atom stereocenters. The van der Waals surface area contributed by atoms with Gasteiger partial charge in [0.15, 0.2) is 0 Å². The molecule has 4 rings (SSSR count). The van der Waals surface area contributed by atoms with Crippen molar-refractivity contribution in [3.63, 3.8) is 0 Å². The minimum atomic E-state index is -0.340. The number of rotatable bonds is 2. The van der Waals surface area contributed by atoms with Crippen molar-refractivity contribution in [3.05, 3.63) is 60.4 Å². The Morgan fingerprint density at radius 3 is 2.50 bits per heavy atom.